The van der Waals surface area contributed by atoms with Crippen LogP contribution in [-0.2, 0) is 20.7 Å². The molecule has 0 N–H and O–H groups in total. The number of piperidine rings is 1. The molecule has 5 nitrogen and oxygen atoms in total. The predicted octanol–water partition coefficient (Wildman–Crippen LogP) is 4.94. The molecule has 2 aliphatic heterocycles. The Morgan fingerprint density at radius 2 is 1.70 bits per heavy atom. The van der Waals surface area contributed by atoms with Gasteiger partial charge in [-0.3, -0.25) is 14.5 Å². The van der Waals surface area contributed by atoms with Crippen molar-refractivity contribution in [2.24, 2.45) is 0 Å². The monoisotopic (exact) mass is 440 g/mol. The molecule has 3 aliphatic rings. The fourth-order valence-electron chi connectivity index (χ4n) is 6.01. The molecule has 168 valence electrons. The molecule has 3 aromatic carbocycles. The van der Waals surface area contributed by atoms with Crippen LogP contribution in [0.3, 0.4) is 0 Å². The molecule has 1 fully saturated rings. The third kappa shape index (κ3) is 3.25. The van der Waals surface area contributed by atoms with Gasteiger partial charge >= 0.3 is 5.97 Å². The maximum absolute atomic E-state index is 13.4. The van der Waals surface area contributed by atoms with Gasteiger partial charge < -0.3 is 9.64 Å². The number of para-hydroxylation sites is 1. The molecule has 1 amide bonds. The van der Waals surface area contributed by atoms with Gasteiger partial charge in [-0.25, -0.2) is 0 Å². The molecule has 0 aromatic heterocycles. The number of carbonyl (C=O) groups is 2. The Kier molecular flexibility index (Phi) is 4.95. The van der Waals surface area contributed by atoms with Gasteiger partial charge in [-0.05, 0) is 47.2 Å². The van der Waals surface area contributed by atoms with E-state index in [1.54, 1.807) is 6.92 Å². The largest absolute Gasteiger partial charge is 0.447 e. The van der Waals surface area contributed by atoms with Gasteiger partial charge in [-0.1, -0.05) is 61.5 Å². The SMILES string of the molecule is CCC(=O)OC1C(=O)N(C2CCN(C3Cc4cccc5cccc3c45)CC2)c2ccccc21. The summed E-state index contributed by atoms with van der Waals surface area (Å²) in [5.41, 5.74) is 4.59. The van der Waals surface area contributed by atoms with Crippen LogP contribution >= 0.6 is 0 Å². The van der Waals surface area contributed by atoms with E-state index in [1.165, 1.54) is 21.9 Å². The molecular weight excluding hydrogens is 412 g/mol. The fourth-order valence-corrected chi connectivity index (χ4v) is 6.01. The van der Waals surface area contributed by atoms with E-state index in [-0.39, 0.29) is 24.3 Å². The fraction of sp³-hybridized carbons (Fsp3) is 0.357. The van der Waals surface area contributed by atoms with E-state index in [0.717, 1.165) is 43.6 Å². The van der Waals surface area contributed by atoms with Gasteiger partial charge in [-0.15, -0.1) is 0 Å². The van der Waals surface area contributed by atoms with Crippen molar-refractivity contribution in [3.8, 4) is 0 Å². The Bertz CT molecular complexity index is 1240. The number of likely N-dealkylation sites (tertiary alicyclic amines) is 1. The van der Waals surface area contributed by atoms with Crippen LogP contribution in [0, 0.1) is 0 Å². The first-order valence-corrected chi connectivity index (χ1v) is 12.0. The van der Waals surface area contributed by atoms with Crippen molar-refractivity contribution in [3.05, 3.63) is 77.4 Å². The zero-order valence-electron chi connectivity index (χ0n) is 18.9. The summed E-state index contributed by atoms with van der Waals surface area (Å²) in [6, 6.07) is 21.6. The molecule has 0 saturated carbocycles. The summed E-state index contributed by atoms with van der Waals surface area (Å²) in [5.74, 6) is -0.440. The van der Waals surface area contributed by atoms with Crippen LogP contribution in [0.15, 0.2) is 60.7 Å². The molecule has 6 rings (SSSR count). The number of fused-ring (bicyclic) bond motifs is 1. The highest BCUT2D eigenvalue weighted by Gasteiger charge is 2.44. The molecule has 2 heterocycles. The molecule has 0 radical (unpaired) electrons. The summed E-state index contributed by atoms with van der Waals surface area (Å²) in [5, 5.41) is 2.76. The first-order chi connectivity index (χ1) is 16.2. The van der Waals surface area contributed by atoms with E-state index in [1.807, 2.05) is 29.2 Å². The Hall–Kier alpha value is -3.18. The van der Waals surface area contributed by atoms with Gasteiger partial charge in [0, 0.05) is 37.2 Å². The Morgan fingerprint density at radius 1 is 0.970 bits per heavy atom. The predicted molar refractivity (Wildman–Crippen MR) is 128 cm³/mol. The van der Waals surface area contributed by atoms with E-state index in [9.17, 15) is 9.59 Å². The Balaban J connectivity index is 1.21. The number of hydrogen-bond acceptors (Lipinski definition) is 4. The lowest BCUT2D eigenvalue weighted by atomic mass is 9.98. The molecule has 1 saturated heterocycles. The minimum Gasteiger partial charge on any atom is -0.447 e. The third-order valence-corrected chi connectivity index (χ3v) is 7.58. The number of ether oxygens (including phenoxy) is 1. The average molecular weight is 441 g/mol. The van der Waals surface area contributed by atoms with Crippen molar-refractivity contribution in [3.63, 3.8) is 0 Å². The van der Waals surface area contributed by atoms with Gasteiger partial charge in [-0.2, -0.15) is 0 Å². The average Bonchev–Trinajstić information content (AvgIpc) is 3.36. The summed E-state index contributed by atoms with van der Waals surface area (Å²) in [6.45, 7) is 3.65. The molecular formula is C28H28N2O3. The van der Waals surface area contributed by atoms with E-state index in [2.05, 4.69) is 41.3 Å². The maximum atomic E-state index is 13.4. The van der Waals surface area contributed by atoms with E-state index in [0.29, 0.717) is 6.04 Å². The second kappa shape index (κ2) is 7.99. The van der Waals surface area contributed by atoms with Crippen LogP contribution in [0.1, 0.15) is 55.0 Å². The highest BCUT2D eigenvalue weighted by Crippen LogP contribution is 2.44. The van der Waals surface area contributed by atoms with Gasteiger partial charge in [0.15, 0.2) is 0 Å². The van der Waals surface area contributed by atoms with Crippen molar-refractivity contribution >= 4 is 28.3 Å². The minimum atomic E-state index is -0.811. The van der Waals surface area contributed by atoms with Crippen molar-refractivity contribution in [1.82, 2.24) is 4.90 Å². The van der Waals surface area contributed by atoms with Crippen LogP contribution in [0.25, 0.3) is 10.8 Å². The van der Waals surface area contributed by atoms with Crippen molar-refractivity contribution < 1.29 is 14.3 Å². The number of rotatable bonds is 4. The minimum absolute atomic E-state index is 0.102. The maximum Gasteiger partial charge on any atom is 0.306 e. The highest BCUT2D eigenvalue weighted by molar-refractivity contribution is 6.05. The van der Waals surface area contributed by atoms with E-state index < -0.39 is 6.10 Å². The standard InChI is InChI=1S/C28H28N2O3/c1-2-25(31)33-27-22-10-3-4-12-23(22)30(28(27)32)20-13-15-29(16-14-20)24-17-19-9-5-7-18-8-6-11-21(24)26(18)19/h3-12,20,24,27H,2,13-17H2,1H3. The summed E-state index contributed by atoms with van der Waals surface area (Å²) in [6.07, 6.45) is 2.34. The lowest BCUT2D eigenvalue weighted by Gasteiger charge is -2.40. The number of amides is 1. The summed E-state index contributed by atoms with van der Waals surface area (Å²) in [4.78, 5) is 29.8. The Labute approximate surface area is 193 Å². The molecule has 0 bridgehead atoms. The molecule has 2 atom stereocenters. The van der Waals surface area contributed by atoms with Gasteiger partial charge in [0.2, 0.25) is 6.10 Å². The normalized spacial score (nSPS) is 22.7. The summed E-state index contributed by atoms with van der Waals surface area (Å²) in [7, 11) is 0. The van der Waals surface area contributed by atoms with E-state index >= 15 is 0 Å². The van der Waals surface area contributed by atoms with Crippen LogP contribution in [-0.4, -0.2) is 35.9 Å². The van der Waals surface area contributed by atoms with Crippen LogP contribution < -0.4 is 4.90 Å². The van der Waals surface area contributed by atoms with Crippen molar-refractivity contribution in [2.75, 3.05) is 18.0 Å². The number of nitrogens with zero attached hydrogens (tertiary/aromatic N) is 2. The zero-order chi connectivity index (χ0) is 22.5. The third-order valence-electron chi connectivity index (χ3n) is 7.58. The number of anilines is 1. The number of carbonyl (C=O) groups excluding carboxylic acids is 2. The van der Waals surface area contributed by atoms with Crippen LogP contribution in [0.2, 0.25) is 0 Å². The second-order valence-corrected chi connectivity index (χ2v) is 9.34. The van der Waals surface area contributed by atoms with Gasteiger partial charge in [0.1, 0.15) is 0 Å². The molecule has 1 aliphatic carbocycles. The molecule has 3 aromatic rings. The number of benzene rings is 3. The summed E-state index contributed by atoms with van der Waals surface area (Å²) < 4.78 is 5.55. The first-order valence-electron chi connectivity index (χ1n) is 12.0. The summed E-state index contributed by atoms with van der Waals surface area (Å²) >= 11 is 0. The number of hydrogen-bond donors (Lipinski definition) is 0. The van der Waals surface area contributed by atoms with Gasteiger partial charge in [0.25, 0.3) is 5.91 Å². The molecule has 5 heteroatoms. The van der Waals surface area contributed by atoms with E-state index in [4.69, 9.17) is 4.74 Å². The molecule has 2 unspecified atom stereocenters. The molecule has 33 heavy (non-hydrogen) atoms. The van der Waals surface area contributed by atoms with Crippen LogP contribution in [0.5, 0.6) is 0 Å². The quantitative estimate of drug-likeness (QED) is 0.539. The molecule has 0 spiro atoms. The lowest BCUT2D eigenvalue weighted by molar-refractivity contribution is -0.154. The highest BCUT2D eigenvalue weighted by atomic mass is 16.5. The lowest BCUT2D eigenvalue weighted by Crippen LogP contribution is -2.47. The zero-order valence-corrected chi connectivity index (χ0v) is 18.9. The van der Waals surface area contributed by atoms with Crippen molar-refractivity contribution in [2.45, 2.75) is 50.8 Å². The first kappa shape index (κ1) is 20.4. The van der Waals surface area contributed by atoms with Crippen molar-refractivity contribution in [1.29, 1.82) is 0 Å². The Morgan fingerprint density at radius 3 is 2.48 bits per heavy atom. The van der Waals surface area contributed by atoms with Crippen LogP contribution in [0.4, 0.5) is 5.69 Å². The van der Waals surface area contributed by atoms with Gasteiger partial charge in [0.05, 0.1) is 5.69 Å². The smallest absolute Gasteiger partial charge is 0.306 e. The number of esters is 1. The topological polar surface area (TPSA) is 49.9 Å². The second-order valence-electron chi connectivity index (χ2n) is 9.34.